The molecular formula is C21H22N2O4S. The summed E-state index contributed by atoms with van der Waals surface area (Å²) in [5.74, 6) is 0.325. The molecule has 0 radical (unpaired) electrons. The van der Waals surface area contributed by atoms with Crippen LogP contribution in [0.1, 0.15) is 42.5 Å². The number of nitrogens with zero attached hydrogens (tertiary/aromatic N) is 1. The predicted octanol–water partition coefficient (Wildman–Crippen LogP) is 3.60. The van der Waals surface area contributed by atoms with Gasteiger partial charge in [0, 0.05) is 35.8 Å². The van der Waals surface area contributed by atoms with E-state index in [-0.39, 0.29) is 22.5 Å². The first kappa shape index (κ1) is 18.7. The molecule has 1 saturated heterocycles. The van der Waals surface area contributed by atoms with E-state index in [1.165, 1.54) is 12.1 Å². The number of hydrogen-bond acceptors (Lipinski definition) is 4. The van der Waals surface area contributed by atoms with Crippen molar-refractivity contribution in [3.63, 3.8) is 0 Å². The highest BCUT2D eigenvalue weighted by atomic mass is 32.2. The molecule has 2 aromatic carbocycles. The van der Waals surface area contributed by atoms with Crippen LogP contribution >= 0.6 is 0 Å². The van der Waals surface area contributed by atoms with Crippen LogP contribution in [0.3, 0.4) is 0 Å². The third-order valence-electron chi connectivity index (χ3n) is 5.15. The summed E-state index contributed by atoms with van der Waals surface area (Å²) in [5.41, 5.74) is 1.73. The van der Waals surface area contributed by atoms with Crippen LogP contribution in [0, 0.1) is 5.92 Å². The molecule has 1 amide bonds. The summed E-state index contributed by atoms with van der Waals surface area (Å²) in [6, 6.07) is 12.9. The van der Waals surface area contributed by atoms with E-state index in [0.29, 0.717) is 29.9 Å². The minimum absolute atomic E-state index is 0.0702. The van der Waals surface area contributed by atoms with Crippen LogP contribution in [0.2, 0.25) is 0 Å². The van der Waals surface area contributed by atoms with Crippen molar-refractivity contribution in [1.29, 1.82) is 0 Å². The molecule has 1 saturated carbocycles. The summed E-state index contributed by atoms with van der Waals surface area (Å²) >= 11 is 0. The first-order chi connectivity index (χ1) is 13.4. The van der Waals surface area contributed by atoms with Crippen molar-refractivity contribution in [3.8, 4) is 0 Å². The van der Waals surface area contributed by atoms with Gasteiger partial charge in [0.2, 0.25) is 5.91 Å². The number of Topliss-reactive ketones (excluding diaryl/α,β-unsaturated/α-hetero) is 1. The molecule has 6 nitrogen and oxygen atoms in total. The molecule has 1 N–H and O–H groups in total. The quantitative estimate of drug-likeness (QED) is 0.754. The van der Waals surface area contributed by atoms with Gasteiger partial charge in [-0.3, -0.25) is 14.3 Å². The summed E-state index contributed by atoms with van der Waals surface area (Å²) in [7, 11) is -3.75. The van der Waals surface area contributed by atoms with E-state index in [9.17, 15) is 18.0 Å². The van der Waals surface area contributed by atoms with Crippen molar-refractivity contribution >= 4 is 33.1 Å². The minimum atomic E-state index is -3.75. The average molecular weight is 398 g/mol. The number of rotatable bonds is 6. The van der Waals surface area contributed by atoms with Gasteiger partial charge >= 0.3 is 0 Å². The number of ketones is 1. The van der Waals surface area contributed by atoms with Gasteiger partial charge in [-0.2, -0.15) is 0 Å². The number of benzene rings is 2. The molecule has 0 atom stereocenters. The van der Waals surface area contributed by atoms with Gasteiger partial charge in [-0.25, -0.2) is 8.42 Å². The molecule has 1 aliphatic heterocycles. The molecule has 7 heteroatoms. The molecule has 2 aromatic rings. The summed E-state index contributed by atoms with van der Waals surface area (Å²) in [6.45, 7) is 0.662. The monoisotopic (exact) mass is 398 g/mol. The number of sulfonamides is 1. The lowest BCUT2D eigenvalue weighted by Gasteiger charge is -2.26. The minimum Gasteiger partial charge on any atom is -0.312 e. The van der Waals surface area contributed by atoms with E-state index in [2.05, 4.69) is 4.72 Å². The van der Waals surface area contributed by atoms with E-state index < -0.39 is 10.0 Å². The Labute approximate surface area is 164 Å². The maximum absolute atomic E-state index is 12.6. The summed E-state index contributed by atoms with van der Waals surface area (Å²) in [5, 5.41) is 0. The predicted molar refractivity (Wildman–Crippen MR) is 107 cm³/mol. The highest BCUT2D eigenvalue weighted by Gasteiger charge is 2.30. The van der Waals surface area contributed by atoms with Gasteiger partial charge in [-0.15, -0.1) is 0 Å². The number of carbonyl (C=O) groups excluding carboxylic acids is 2. The number of hydrogen-bond donors (Lipinski definition) is 1. The SMILES string of the molecule is O=C(c1ccc(NS(=O)(=O)c2ccc(N3CCCCC3=O)cc2)cc1)C1CC1. The Morgan fingerprint density at radius 1 is 0.964 bits per heavy atom. The second kappa shape index (κ2) is 7.39. The fourth-order valence-electron chi connectivity index (χ4n) is 3.38. The van der Waals surface area contributed by atoms with Crippen LogP contribution in [0.4, 0.5) is 11.4 Å². The van der Waals surface area contributed by atoms with Crippen molar-refractivity contribution in [1.82, 2.24) is 0 Å². The normalized spacial score (nSPS) is 17.4. The molecule has 0 bridgehead atoms. The van der Waals surface area contributed by atoms with Crippen LogP contribution in [-0.4, -0.2) is 26.7 Å². The van der Waals surface area contributed by atoms with Gasteiger partial charge in [0.1, 0.15) is 0 Å². The molecule has 2 fully saturated rings. The average Bonchev–Trinajstić information content (AvgIpc) is 3.54. The second-order valence-corrected chi connectivity index (χ2v) is 9.00. The Balaban J connectivity index is 1.47. The number of carbonyl (C=O) groups is 2. The Morgan fingerprint density at radius 2 is 1.64 bits per heavy atom. The smallest absolute Gasteiger partial charge is 0.261 e. The maximum atomic E-state index is 12.6. The largest absolute Gasteiger partial charge is 0.312 e. The zero-order valence-corrected chi connectivity index (χ0v) is 16.2. The summed E-state index contributed by atoms with van der Waals surface area (Å²) in [4.78, 5) is 25.9. The first-order valence-electron chi connectivity index (χ1n) is 9.51. The van der Waals surface area contributed by atoms with Crippen molar-refractivity contribution in [2.24, 2.45) is 5.92 Å². The zero-order chi connectivity index (χ0) is 19.7. The molecule has 0 unspecified atom stereocenters. The molecule has 0 spiro atoms. The van der Waals surface area contributed by atoms with E-state index in [0.717, 1.165) is 25.7 Å². The Morgan fingerprint density at radius 3 is 2.25 bits per heavy atom. The van der Waals surface area contributed by atoms with Crippen molar-refractivity contribution in [2.45, 2.75) is 37.0 Å². The molecule has 2 aliphatic rings. The standard InChI is InChI=1S/C21H22N2O4S/c24-20-3-1-2-14-23(20)18-10-12-19(13-11-18)28(26,27)22-17-8-6-16(7-9-17)21(25)15-4-5-15/h6-13,15,22H,1-5,14H2. The molecule has 146 valence electrons. The Hall–Kier alpha value is -2.67. The van der Waals surface area contributed by atoms with Gasteiger partial charge in [0.25, 0.3) is 10.0 Å². The summed E-state index contributed by atoms with van der Waals surface area (Å²) in [6.07, 6.45) is 4.25. The van der Waals surface area contributed by atoms with Crippen LogP contribution in [0.5, 0.6) is 0 Å². The fraction of sp³-hybridized carbons (Fsp3) is 0.333. The first-order valence-corrected chi connectivity index (χ1v) is 11.0. The Kier molecular flexibility index (Phi) is 4.93. The lowest BCUT2D eigenvalue weighted by Crippen LogP contribution is -2.35. The topological polar surface area (TPSA) is 83.6 Å². The van der Waals surface area contributed by atoms with Gasteiger partial charge in [-0.1, -0.05) is 0 Å². The van der Waals surface area contributed by atoms with Crippen LogP contribution in [0.25, 0.3) is 0 Å². The van der Waals surface area contributed by atoms with Gasteiger partial charge < -0.3 is 4.90 Å². The molecule has 0 aromatic heterocycles. The number of amides is 1. The lowest BCUT2D eigenvalue weighted by molar-refractivity contribution is -0.119. The zero-order valence-electron chi connectivity index (χ0n) is 15.4. The molecule has 4 rings (SSSR count). The molecule has 28 heavy (non-hydrogen) atoms. The van der Waals surface area contributed by atoms with E-state index in [1.807, 2.05) is 0 Å². The van der Waals surface area contributed by atoms with Crippen molar-refractivity contribution in [3.05, 3.63) is 54.1 Å². The van der Waals surface area contributed by atoms with E-state index >= 15 is 0 Å². The number of nitrogens with one attached hydrogen (secondary N) is 1. The second-order valence-electron chi connectivity index (χ2n) is 7.32. The lowest BCUT2D eigenvalue weighted by atomic mass is 10.1. The number of anilines is 2. The van der Waals surface area contributed by atoms with Gasteiger partial charge in [0.05, 0.1) is 4.90 Å². The molecular weight excluding hydrogens is 376 g/mol. The summed E-state index contributed by atoms with van der Waals surface area (Å²) < 4.78 is 27.8. The van der Waals surface area contributed by atoms with Crippen molar-refractivity contribution < 1.29 is 18.0 Å². The highest BCUT2D eigenvalue weighted by Crippen LogP contribution is 2.33. The van der Waals surface area contributed by atoms with Crippen LogP contribution in [0.15, 0.2) is 53.4 Å². The molecule has 1 heterocycles. The third kappa shape index (κ3) is 3.94. The Bertz CT molecular complexity index is 994. The van der Waals surface area contributed by atoms with Gasteiger partial charge in [-0.05, 0) is 74.2 Å². The van der Waals surface area contributed by atoms with Crippen molar-refractivity contribution in [2.75, 3.05) is 16.2 Å². The van der Waals surface area contributed by atoms with Crippen LogP contribution in [-0.2, 0) is 14.8 Å². The van der Waals surface area contributed by atoms with E-state index in [1.54, 1.807) is 41.3 Å². The van der Waals surface area contributed by atoms with Gasteiger partial charge in [0.15, 0.2) is 5.78 Å². The van der Waals surface area contributed by atoms with Crippen LogP contribution < -0.4 is 9.62 Å². The fourth-order valence-corrected chi connectivity index (χ4v) is 4.44. The maximum Gasteiger partial charge on any atom is 0.261 e. The molecule has 1 aliphatic carbocycles. The highest BCUT2D eigenvalue weighted by molar-refractivity contribution is 7.92. The number of piperidine rings is 1. The van der Waals surface area contributed by atoms with E-state index in [4.69, 9.17) is 0 Å². The third-order valence-corrected chi connectivity index (χ3v) is 6.55.